The van der Waals surface area contributed by atoms with Crippen molar-refractivity contribution in [3.63, 3.8) is 0 Å². The molecular formula is C12H20Se. The van der Waals surface area contributed by atoms with Crippen molar-refractivity contribution in [2.75, 3.05) is 0 Å². The van der Waals surface area contributed by atoms with Crippen molar-refractivity contribution in [3.05, 3.63) is 22.7 Å². The summed E-state index contributed by atoms with van der Waals surface area (Å²) in [4.78, 5) is 2.42. The molecule has 0 heterocycles. The minimum absolute atomic E-state index is 0.758. The van der Waals surface area contributed by atoms with Crippen LogP contribution >= 0.6 is 0 Å². The van der Waals surface area contributed by atoms with E-state index in [4.69, 9.17) is 0 Å². The van der Waals surface area contributed by atoms with E-state index >= 15 is 0 Å². The van der Waals surface area contributed by atoms with Crippen LogP contribution in [0.1, 0.15) is 45.4 Å². The van der Waals surface area contributed by atoms with Crippen molar-refractivity contribution in [1.82, 2.24) is 0 Å². The fourth-order valence-electron chi connectivity index (χ4n) is 1.45. The predicted octanol–water partition coefficient (Wildman–Crippen LogP) is 3.92. The number of hydrogen-bond acceptors (Lipinski definition) is 0. The molecule has 0 radical (unpaired) electrons. The Balaban J connectivity index is 2.11. The van der Waals surface area contributed by atoms with Gasteiger partial charge >= 0.3 is 88.4 Å². The number of allylic oxidation sites excluding steroid dienone is 3. The van der Waals surface area contributed by atoms with Gasteiger partial charge in [-0.2, -0.15) is 0 Å². The molecule has 0 aromatic heterocycles. The third-order valence-electron chi connectivity index (χ3n) is 2.32. The molecule has 1 aliphatic carbocycles. The Kier molecular flexibility index (Phi) is 6.31. The number of unbranched alkanes of at least 4 members (excludes halogenated alkanes) is 1. The SMILES string of the molecule is CCCC[Se]/C=C\C1=CCCCC1. The molecule has 13 heavy (non-hydrogen) atoms. The molecule has 0 bridgehead atoms. The van der Waals surface area contributed by atoms with Gasteiger partial charge in [-0.25, -0.2) is 0 Å². The molecule has 0 unspecified atom stereocenters. The normalized spacial score (nSPS) is 17.8. The monoisotopic (exact) mass is 244 g/mol. The zero-order chi connectivity index (χ0) is 9.36. The van der Waals surface area contributed by atoms with Crippen LogP contribution in [0.5, 0.6) is 0 Å². The minimum atomic E-state index is 0.758. The maximum atomic E-state index is 2.42. The zero-order valence-corrected chi connectivity index (χ0v) is 10.3. The molecule has 0 atom stereocenters. The summed E-state index contributed by atoms with van der Waals surface area (Å²) in [5.41, 5.74) is 1.59. The second-order valence-corrected chi connectivity index (χ2v) is 5.68. The van der Waals surface area contributed by atoms with E-state index in [9.17, 15) is 0 Å². The Hall–Kier alpha value is -0.000519. The molecule has 0 saturated carbocycles. The number of rotatable bonds is 5. The summed E-state index contributed by atoms with van der Waals surface area (Å²) in [7, 11) is 0. The molecule has 0 nitrogen and oxygen atoms in total. The molecule has 1 heteroatoms. The third kappa shape index (κ3) is 5.33. The Labute approximate surface area is 88.6 Å². The molecular weight excluding hydrogens is 223 g/mol. The Morgan fingerprint density at radius 3 is 3.08 bits per heavy atom. The van der Waals surface area contributed by atoms with Gasteiger partial charge < -0.3 is 0 Å². The quantitative estimate of drug-likeness (QED) is 0.507. The first-order valence-corrected chi connectivity index (χ1v) is 7.60. The molecule has 0 aromatic carbocycles. The first-order chi connectivity index (χ1) is 6.43. The van der Waals surface area contributed by atoms with Crippen molar-refractivity contribution in [2.45, 2.75) is 50.8 Å². The molecule has 0 fully saturated rings. The standard InChI is InChI=1S/C12H20Se/c1-2-3-10-13-11-9-12-7-5-4-6-8-12/h7,9,11H,2-6,8,10H2,1H3/b11-9-. The summed E-state index contributed by atoms with van der Waals surface area (Å²) in [5.74, 6) is 0. The van der Waals surface area contributed by atoms with Gasteiger partial charge in [0.15, 0.2) is 0 Å². The van der Waals surface area contributed by atoms with Crippen LogP contribution in [0.4, 0.5) is 0 Å². The molecule has 1 rings (SSSR count). The van der Waals surface area contributed by atoms with Gasteiger partial charge in [0.25, 0.3) is 0 Å². The van der Waals surface area contributed by atoms with E-state index in [0.717, 1.165) is 15.0 Å². The van der Waals surface area contributed by atoms with Crippen molar-refractivity contribution in [3.8, 4) is 0 Å². The molecule has 0 amide bonds. The van der Waals surface area contributed by atoms with Gasteiger partial charge in [-0.3, -0.25) is 0 Å². The Morgan fingerprint density at radius 2 is 2.38 bits per heavy atom. The second-order valence-electron chi connectivity index (χ2n) is 3.55. The second kappa shape index (κ2) is 7.41. The van der Waals surface area contributed by atoms with E-state index in [0.29, 0.717) is 0 Å². The van der Waals surface area contributed by atoms with Crippen LogP contribution in [0.15, 0.2) is 22.7 Å². The van der Waals surface area contributed by atoms with Crippen LogP contribution in [-0.2, 0) is 0 Å². The van der Waals surface area contributed by atoms with Crippen LogP contribution in [0.3, 0.4) is 0 Å². The van der Waals surface area contributed by atoms with Gasteiger partial charge in [-0.15, -0.1) is 0 Å². The average Bonchev–Trinajstić information content (AvgIpc) is 2.19. The fourth-order valence-corrected chi connectivity index (χ4v) is 3.26. The van der Waals surface area contributed by atoms with Gasteiger partial charge in [0.1, 0.15) is 0 Å². The van der Waals surface area contributed by atoms with E-state index < -0.39 is 0 Å². The summed E-state index contributed by atoms with van der Waals surface area (Å²) in [6, 6.07) is 0. The van der Waals surface area contributed by atoms with Crippen LogP contribution in [0, 0.1) is 0 Å². The molecule has 0 spiro atoms. The first-order valence-electron chi connectivity index (χ1n) is 5.40. The molecule has 1 aliphatic rings. The topological polar surface area (TPSA) is 0 Å². The van der Waals surface area contributed by atoms with Crippen LogP contribution in [0.25, 0.3) is 0 Å². The molecule has 0 aromatic rings. The van der Waals surface area contributed by atoms with Gasteiger partial charge in [-0.05, 0) is 0 Å². The Bertz CT molecular complexity index is 180. The zero-order valence-electron chi connectivity index (χ0n) is 8.59. The van der Waals surface area contributed by atoms with Crippen LogP contribution in [-0.4, -0.2) is 15.0 Å². The molecule has 0 N–H and O–H groups in total. The maximum absolute atomic E-state index is 2.42. The molecule has 74 valence electrons. The van der Waals surface area contributed by atoms with Gasteiger partial charge in [0.05, 0.1) is 0 Å². The van der Waals surface area contributed by atoms with E-state index in [1.807, 2.05) is 0 Å². The van der Waals surface area contributed by atoms with Crippen molar-refractivity contribution in [1.29, 1.82) is 0 Å². The summed E-state index contributed by atoms with van der Waals surface area (Å²) in [5, 5.41) is 1.42. The van der Waals surface area contributed by atoms with Crippen molar-refractivity contribution in [2.24, 2.45) is 0 Å². The van der Waals surface area contributed by atoms with Crippen molar-refractivity contribution >= 4 is 15.0 Å². The van der Waals surface area contributed by atoms with Crippen molar-refractivity contribution < 1.29 is 0 Å². The summed E-state index contributed by atoms with van der Waals surface area (Å²) in [6.45, 7) is 2.27. The predicted molar refractivity (Wildman–Crippen MR) is 61.2 cm³/mol. The molecule has 0 saturated heterocycles. The average molecular weight is 243 g/mol. The summed E-state index contributed by atoms with van der Waals surface area (Å²) >= 11 is 0.758. The van der Waals surface area contributed by atoms with Crippen LogP contribution < -0.4 is 0 Å². The molecule has 0 aliphatic heterocycles. The summed E-state index contributed by atoms with van der Waals surface area (Å²) < 4.78 is 0. The van der Waals surface area contributed by atoms with E-state index in [1.54, 1.807) is 5.57 Å². The summed E-state index contributed by atoms with van der Waals surface area (Å²) in [6.07, 6.45) is 13.0. The first kappa shape index (κ1) is 11.1. The van der Waals surface area contributed by atoms with Gasteiger partial charge in [0, 0.05) is 0 Å². The van der Waals surface area contributed by atoms with E-state index in [2.05, 4.69) is 24.1 Å². The number of hydrogen-bond donors (Lipinski definition) is 0. The third-order valence-corrected chi connectivity index (χ3v) is 4.11. The van der Waals surface area contributed by atoms with E-state index in [-0.39, 0.29) is 0 Å². The Morgan fingerprint density at radius 1 is 1.46 bits per heavy atom. The van der Waals surface area contributed by atoms with E-state index in [1.165, 1.54) is 43.8 Å². The van der Waals surface area contributed by atoms with Crippen LogP contribution in [0.2, 0.25) is 5.32 Å². The van der Waals surface area contributed by atoms with Gasteiger partial charge in [-0.1, -0.05) is 0 Å². The van der Waals surface area contributed by atoms with Gasteiger partial charge in [0.2, 0.25) is 0 Å². The fraction of sp³-hybridized carbons (Fsp3) is 0.667.